The molecule has 2 rings (SSSR count). The quantitative estimate of drug-likeness (QED) is 0.694. The van der Waals surface area contributed by atoms with Crippen LogP contribution in [-0.2, 0) is 0 Å². The molecular formula is C12H6ClF3. The summed E-state index contributed by atoms with van der Waals surface area (Å²) in [6.07, 6.45) is 0. The van der Waals surface area contributed by atoms with Crippen LogP contribution in [0, 0.1) is 17.5 Å². The summed E-state index contributed by atoms with van der Waals surface area (Å²) >= 11 is 5.76. The van der Waals surface area contributed by atoms with Crippen molar-refractivity contribution in [2.45, 2.75) is 0 Å². The Morgan fingerprint density at radius 2 is 1.38 bits per heavy atom. The van der Waals surface area contributed by atoms with Gasteiger partial charge in [-0.15, -0.1) is 0 Å². The van der Waals surface area contributed by atoms with E-state index >= 15 is 0 Å². The van der Waals surface area contributed by atoms with Crippen LogP contribution in [0.2, 0.25) is 5.02 Å². The van der Waals surface area contributed by atoms with Crippen LogP contribution in [0.3, 0.4) is 0 Å². The molecule has 0 aliphatic rings. The Morgan fingerprint density at radius 1 is 0.750 bits per heavy atom. The maximum Gasteiger partial charge on any atom is 0.131 e. The molecule has 0 aromatic heterocycles. The summed E-state index contributed by atoms with van der Waals surface area (Å²) in [5.41, 5.74) is 0.282. The van der Waals surface area contributed by atoms with E-state index in [1.54, 1.807) is 0 Å². The van der Waals surface area contributed by atoms with Crippen molar-refractivity contribution in [2.24, 2.45) is 0 Å². The molecule has 0 saturated heterocycles. The van der Waals surface area contributed by atoms with Gasteiger partial charge in [0.1, 0.15) is 17.5 Å². The Labute approximate surface area is 95.3 Å². The van der Waals surface area contributed by atoms with Gasteiger partial charge in [-0.05, 0) is 36.4 Å². The molecule has 0 aliphatic carbocycles. The monoisotopic (exact) mass is 242 g/mol. The standard InChI is InChI=1S/C12H6ClF3/c13-11-6-8(15)1-3-9(11)10-5-7(14)2-4-12(10)16/h1-6H. The lowest BCUT2D eigenvalue weighted by Gasteiger charge is -2.06. The lowest BCUT2D eigenvalue weighted by Crippen LogP contribution is -1.88. The molecule has 0 fully saturated rings. The molecule has 0 bridgehead atoms. The maximum absolute atomic E-state index is 13.4. The van der Waals surface area contributed by atoms with E-state index in [4.69, 9.17) is 11.6 Å². The van der Waals surface area contributed by atoms with Crippen LogP contribution < -0.4 is 0 Å². The summed E-state index contributed by atoms with van der Waals surface area (Å²) in [6, 6.07) is 6.55. The van der Waals surface area contributed by atoms with Crippen molar-refractivity contribution in [1.29, 1.82) is 0 Å². The highest BCUT2D eigenvalue weighted by Gasteiger charge is 2.10. The van der Waals surface area contributed by atoms with Crippen LogP contribution >= 0.6 is 11.6 Å². The number of rotatable bonds is 1. The van der Waals surface area contributed by atoms with Gasteiger partial charge in [-0.25, -0.2) is 13.2 Å². The fraction of sp³-hybridized carbons (Fsp3) is 0. The number of benzene rings is 2. The zero-order chi connectivity index (χ0) is 11.7. The highest BCUT2D eigenvalue weighted by molar-refractivity contribution is 6.33. The minimum Gasteiger partial charge on any atom is -0.207 e. The molecule has 0 radical (unpaired) electrons. The highest BCUT2D eigenvalue weighted by atomic mass is 35.5. The largest absolute Gasteiger partial charge is 0.207 e. The van der Waals surface area contributed by atoms with Gasteiger partial charge in [-0.3, -0.25) is 0 Å². The van der Waals surface area contributed by atoms with Crippen LogP contribution in [-0.4, -0.2) is 0 Å². The number of hydrogen-bond acceptors (Lipinski definition) is 0. The molecule has 2 aromatic rings. The van der Waals surface area contributed by atoms with E-state index in [2.05, 4.69) is 0 Å². The molecule has 2 aromatic carbocycles. The Morgan fingerprint density at radius 3 is 2.06 bits per heavy atom. The lowest BCUT2D eigenvalue weighted by molar-refractivity contribution is 0.603. The Bertz CT molecular complexity index is 538. The molecule has 0 heterocycles. The highest BCUT2D eigenvalue weighted by Crippen LogP contribution is 2.30. The molecule has 4 heteroatoms. The van der Waals surface area contributed by atoms with E-state index < -0.39 is 17.5 Å². The molecule has 0 atom stereocenters. The van der Waals surface area contributed by atoms with Gasteiger partial charge in [-0.2, -0.15) is 0 Å². The molecule has 0 unspecified atom stereocenters. The fourth-order valence-electron chi connectivity index (χ4n) is 1.41. The van der Waals surface area contributed by atoms with Gasteiger partial charge >= 0.3 is 0 Å². The van der Waals surface area contributed by atoms with Crippen LogP contribution in [0.1, 0.15) is 0 Å². The minimum absolute atomic E-state index is 0.0185. The van der Waals surface area contributed by atoms with E-state index in [1.165, 1.54) is 6.07 Å². The predicted molar refractivity (Wildman–Crippen MR) is 56.8 cm³/mol. The maximum atomic E-state index is 13.4. The van der Waals surface area contributed by atoms with Crippen molar-refractivity contribution < 1.29 is 13.2 Å². The van der Waals surface area contributed by atoms with E-state index in [0.717, 1.165) is 30.3 Å². The molecule has 0 nitrogen and oxygen atoms in total. The summed E-state index contributed by atoms with van der Waals surface area (Å²) in [6.45, 7) is 0. The molecule has 0 N–H and O–H groups in total. The van der Waals surface area contributed by atoms with Gasteiger partial charge in [0.05, 0.1) is 5.02 Å². The Hall–Kier alpha value is -1.48. The van der Waals surface area contributed by atoms with Gasteiger partial charge in [0.25, 0.3) is 0 Å². The van der Waals surface area contributed by atoms with E-state index in [-0.39, 0.29) is 16.1 Å². The van der Waals surface area contributed by atoms with Crippen LogP contribution in [0.4, 0.5) is 13.2 Å². The van der Waals surface area contributed by atoms with E-state index in [9.17, 15) is 13.2 Å². The van der Waals surface area contributed by atoms with Crippen molar-refractivity contribution in [3.63, 3.8) is 0 Å². The predicted octanol–water partition coefficient (Wildman–Crippen LogP) is 4.42. The summed E-state index contributed by atoms with van der Waals surface area (Å²) in [4.78, 5) is 0. The third-order valence-corrected chi connectivity index (χ3v) is 2.46. The summed E-state index contributed by atoms with van der Waals surface area (Å²) in [5, 5.41) is 0.0458. The Kier molecular flexibility index (Phi) is 2.88. The van der Waals surface area contributed by atoms with Crippen molar-refractivity contribution >= 4 is 11.6 Å². The third-order valence-electron chi connectivity index (χ3n) is 2.15. The zero-order valence-corrected chi connectivity index (χ0v) is 8.73. The lowest BCUT2D eigenvalue weighted by atomic mass is 10.0. The third kappa shape index (κ3) is 2.04. The van der Waals surface area contributed by atoms with Crippen molar-refractivity contribution in [3.05, 3.63) is 58.9 Å². The van der Waals surface area contributed by atoms with E-state index in [1.807, 2.05) is 0 Å². The molecule has 0 amide bonds. The van der Waals surface area contributed by atoms with Crippen molar-refractivity contribution in [3.8, 4) is 11.1 Å². The summed E-state index contributed by atoms with van der Waals surface area (Å²) in [7, 11) is 0. The first kappa shape index (κ1) is 11.0. The normalized spacial score (nSPS) is 10.5. The molecule has 0 aliphatic heterocycles. The number of halogens is 4. The van der Waals surface area contributed by atoms with Gasteiger partial charge in [0.15, 0.2) is 0 Å². The second kappa shape index (κ2) is 4.18. The summed E-state index contributed by atoms with van der Waals surface area (Å²) in [5.74, 6) is -1.70. The molecule has 82 valence electrons. The van der Waals surface area contributed by atoms with Gasteiger partial charge < -0.3 is 0 Å². The van der Waals surface area contributed by atoms with Gasteiger partial charge in [0, 0.05) is 11.1 Å². The average Bonchev–Trinajstić information content (AvgIpc) is 2.22. The van der Waals surface area contributed by atoms with E-state index in [0.29, 0.717) is 0 Å². The molecule has 0 spiro atoms. The molecule has 16 heavy (non-hydrogen) atoms. The average molecular weight is 243 g/mol. The second-order valence-corrected chi connectivity index (χ2v) is 3.66. The SMILES string of the molecule is Fc1ccc(-c2cc(F)ccc2F)c(Cl)c1. The van der Waals surface area contributed by atoms with Crippen molar-refractivity contribution in [1.82, 2.24) is 0 Å². The number of hydrogen-bond donors (Lipinski definition) is 0. The van der Waals surface area contributed by atoms with Crippen LogP contribution in [0.5, 0.6) is 0 Å². The van der Waals surface area contributed by atoms with Crippen LogP contribution in [0.15, 0.2) is 36.4 Å². The zero-order valence-electron chi connectivity index (χ0n) is 7.98. The summed E-state index contributed by atoms with van der Waals surface area (Å²) < 4.78 is 39.2. The molecule has 0 saturated carbocycles. The first-order valence-corrected chi connectivity index (χ1v) is 4.86. The Balaban J connectivity index is 2.62. The first-order chi connectivity index (χ1) is 7.58. The van der Waals surface area contributed by atoms with Gasteiger partial charge in [0.2, 0.25) is 0 Å². The molecular weight excluding hydrogens is 237 g/mol. The van der Waals surface area contributed by atoms with Crippen LogP contribution in [0.25, 0.3) is 11.1 Å². The topological polar surface area (TPSA) is 0 Å². The van der Waals surface area contributed by atoms with Gasteiger partial charge in [-0.1, -0.05) is 11.6 Å². The smallest absolute Gasteiger partial charge is 0.131 e. The fourth-order valence-corrected chi connectivity index (χ4v) is 1.68. The van der Waals surface area contributed by atoms with Crippen molar-refractivity contribution in [2.75, 3.05) is 0 Å². The second-order valence-electron chi connectivity index (χ2n) is 3.25. The first-order valence-electron chi connectivity index (χ1n) is 4.48. The minimum atomic E-state index is -0.602.